The van der Waals surface area contributed by atoms with Crippen molar-refractivity contribution in [2.45, 2.75) is 38.5 Å². The SMILES string of the molecule is COc1cc(C(=O)N2CC(c3nnc(C(C)C)o3)C3(CCOCC3)C2)cc(OC)c1OC. The van der Waals surface area contributed by atoms with E-state index in [1.807, 2.05) is 18.7 Å². The van der Waals surface area contributed by atoms with Crippen LogP contribution in [0.15, 0.2) is 16.5 Å². The number of hydrogen-bond acceptors (Lipinski definition) is 8. The van der Waals surface area contributed by atoms with Crippen molar-refractivity contribution in [2.24, 2.45) is 5.41 Å². The van der Waals surface area contributed by atoms with Gasteiger partial charge in [-0.25, -0.2) is 0 Å². The fourth-order valence-electron chi connectivity index (χ4n) is 4.76. The maximum Gasteiger partial charge on any atom is 0.254 e. The first-order chi connectivity index (χ1) is 15.4. The smallest absolute Gasteiger partial charge is 0.254 e. The monoisotopic (exact) mass is 445 g/mol. The molecule has 0 saturated carbocycles. The van der Waals surface area contributed by atoms with Crippen LogP contribution in [-0.2, 0) is 4.74 Å². The number of nitrogens with zero attached hydrogens (tertiary/aromatic N) is 3. The van der Waals surface area contributed by atoms with Gasteiger partial charge in [0.2, 0.25) is 17.5 Å². The lowest BCUT2D eigenvalue weighted by Gasteiger charge is -2.36. The predicted molar refractivity (Wildman–Crippen MR) is 116 cm³/mol. The Morgan fingerprint density at radius 1 is 1.09 bits per heavy atom. The minimum Gasteiger partial charge on any atom is -0.493 e. The van der Waals surface area contributed by atoms with Gasteiger partial charge in [0, 0.05) is 43.2 Å². The van der Waals surface area contributed by atoms with Gasteiger partial charge < -0.3 is 28.3 Å². The Bertz CT molecular complexity index is 941. The lowest BCUT2D eigenvalue weighted by atomic mass is 9.72. The molecule has 0 N–H and O–H groups in total. The molecular formula is C23H31N3O6. The summed E-state index contributed by atoms with van der Waals surface area (Å²) in [5.74, 6) is 2.61. The van der Waals surface area contributed by atoms with Crippen molar-refractivity contribution >= 4 is 5.91 Å². The molecule has 0 radical (unpaired) electrons. The van der Waals surface area contributed by atoms with E-state index in [1.54, 1.807) is 12.1 Å². The number of likely N-dealkylation sites (tertiary alicyclic amines) is 1. The van der Waals surface area contributed by atoms with Crippen molar-refractivity contribution in [3.05, 3.63) is 29.5 Å². The minimum absolute atomic E-state index is 0.0302. The van der Waals surface area contributed by atoms with E-state index < -0.39 is 0 Å². The number of carbonyl (C=O) groups excluding carboxylic acids is 1. The maximum absolute atomic E-state index is 13.6. The van der Waals surface area contributed by atoms with E-state index in [0.717, 1.165) is 12.8 Å². The topological polar surface area (TPSA) is 96.2 Å². The molecule has 174 valence electrons. The second-order valence-electron chi connectivity index (χ2n) is 8.76. The van der Waals surface area contributed by atoms with Crippen LogP contribution in [0.25, 0.3) is 0 Å². The van der Waals surface area contributed by atoms with Gasteiger partial charge in [-0.05, 0) is 25.0 Å². The van der Waals surface area contributed by atoms with Crippen LogP contribution in [0.2, 0.25) is 0 Å². The summed E-state index contributed by atoms with van der Waals surface area (Å²) in [5, 5.41) is 8.59. The predicted octanol–water partition coefficient (Wildman–Crippen LogP) is 3.26. The molecule has 1 aromatic heterocycles. The summed E-state index contributed by atoms with van der Waals surface area (Å²) in [6.07, 6.45) is 1.69. The van der Waals surface area contributed by atoms with Crippen LogP contribution in [0, 0.1) is 5.41 Å². The van der Waals surface area contributed by atoms with Crippen LogP contribution in [0.5, 0.6) is 17.2 Å². The lowest BCUT2D eigenvalue weighted by molar-refractivity contribution is 0.00887. The van der Waals surface area contributed by atoms with Crippen LogP contribution >= 0.6 is 0 Å². The van der Waals surface area contributed by atoms with Crippen molar-refractivity contribution in [1.82, 2.24) is 15.1 Å². The molecule has 2 saturated heterocycles. The van der Waals surface area contributed by atoms with Crippen molar-refractivity contribution in [1.29, 1.82) is 0 Å². The number of aromatic nitrogens is 2. The molecule has 1 spiro atoms. The first kappa shape index (κ1) is 22.4. The fraction of sp³-hybridized carbons (Fsp3) is 0.609. The Hall–Kier alpha value is -2.81. The molecule has 2 aliphatic heterocycles. The van der Waals surface area contributed by atoms with Crippen molar-refractivity contribution in [3.8, 4) is 17.2 Å². The largest absolute Gasteiger partial charge is 0.493 e. The van der Waals surface area contributed by atoms with Crippen LogP contribution in [0.1, 0.15) is 60.7 Å². The highest BCUT2D eigenvalue weighted by Gasteiger charge is 2.51. The van der Waals surface area contributed by atoms with E-state index in [9.17, 15) is 4.79 Å². The minimum atomic E-state index is -0.144. The zero-order valence-electron chi connectivity index (χ0n) is 19.3. The molecule has 3 heterocycles. The Morgan fingerprint density at radius 3 is 2.28 bits per heavy atom. The lowest BCUT2D eigenvalue weighted by Crippen LogP contribution is -2.37. The van der Waals surface area contributed by atoms with E-state index in [4.69, 9.17) is 23.4 Å². The van der Waals surface area contributed by atoms with E-state index >= 15 is 0 Å². The molecule has 9 nitrogen and oxygen atoms in total. The third-order valence-electron chi connectivity index (χ3n) is 6.58. The zero-order chi connectivity index (χ0) is 22.9. The Balaban J connectivity index is 1.66. The van der Waals surface area contributed by atoms with Gasteiger partial charge >= 0.3 is 0 Å². The second kappa shape index (κ2) is 8.97. The summed E-state index contributed by atoms with van der Waals surface area (Å²) in [7, 11) is 4.62. The molecule has 2 aromatic rings. The molecule has 1 unspecified atom stereocenters. The van der Waals surface area contributed by atoms with Crippen molar-refractivity contribution < 1.29 is 28.2 Å². The number of amides is 1. The Labute approximate surface area is 188 Å². The number of methoxy groups -OCH3 is 3. The van der Waals surface area contributed by atoms with Crippen LogP contribution in [-0.4, -0.2) is 68.6 Å². The van der Waals surface area contributed by atoms with Gasteiger partial charge in [0.05, 0.1) is 27.2 Å². The van der Waals surface area contributed by atoms with E-state index in [0.29, 0.717) is 60.9 Å². The molecule has 0 aliphatic carbocycles. The second-order valence-corrected chi connectivity index (χ2v) is 8.76. The van der Waals surface area contributed by atoms with Gasteiger partial charge in [0.15, 0.2) is 11.5 Å². The first-order valence-electron chi connectivity index (χ1n) is 10.9. The van der Waals surface area contributed by atoms with E-state index in [-0.39, 0.29) is 23.2 Å². The molecule has 1 atom stereocenters. The molecule has 4 rings (SSSR count). The van der Waals surface area contributed by atoms with Gasteiger partial charge in [-0.2, -0.15) is 0 Å². The number of rotatable bonds is 6. The number of benzene rings is 1. The number of carbonyl (C=O) groups is 1. The van der Waals surface area contributed by atoms with Crippen molar-refractivity contribution in [2.75, 3.05) is 47.6 Å². The van der Waals surface area contributed by atoms with Gasteiger partial charge in [0.1, 0.15) is 0 Å². The standard InChI is InChI=1S/C23H31N3O6/c1-14(2)20-24-25-21(32-20)16-12-26(13-23(16)6-8-31-9-7-23)22(27)15-10-17(28-3)19(30-5)18(11-15)29-4/h10-11,14,16H,6-9,12-13H2,1-5H3. The third kappa shape index (κ3) is 3.90. The zero-order valence-corrected chi connectivity index (χ0v) is 19.3. The van der Waals surface area contributed by atoms with Gasteiger partial charge in [-0.15, -0.1) is 10.2 Å². The first-order valence-corrected chi connectivity index (χ1v) is 10.9. The highest BCUT2D eigenvalue weighted by Crippen LogP contribution is 2.50. The third-order valence-corrected chi connectivity index (χ3v) is 6.58. The number of hydrogen-bond donors (Lipinski definition) is 0. The molecule has 1 aromatic carbocycles. The summed E-state index contributed by atoms with van der Waals surface area (Å²) in [4.78, 5) is 15.4. The fourth-order valence-corrected chi connectivity index (χ4v) is 4.76. The van der Waals surface area contributed by atoms with E-state index in [2.05, 4.69) is 10.2 Å². The summed E-state index contributed by atoms with van der Waals surface area (Å²) in [5.41, 5.74) is 0.339. The molecule has 0 bridgehead atoms. The van der Waals surface area contributed by atoms with Crippen LogP contribution in [0.3, 0.4) is 0 Å². The van der Waals surface area contributed by atoms with Gasteiger partial charge in [-0.3, -0.25) is 4.79 Å². The summed E-state index contributed by atoms with van der Waals surface area (Å²) in [6, 6.07) is 3.38. The highest BCUT2D eigenvalue weighted by molar-refractivity contribution is 5.96. The van der Waals surface area contributed by atoms with Gasteiger partial charge in [0.25, 0.3) is 5.91 Å². The summed E-state index contributed by atoms with van der Waals surface area (Å²) in [6.45, 7) is 6.49. The Morgan fingerprint density at radius 2 is 1.75 bits per heavy atom. The molecule has 2 fully saturated rings. The normalized spacial score (nSPS) is 20.1. The molecule has 32 heavy (non-hydrogen) atoms. The maximum atomic E-state index is 13.6. The molecular weight excluding hydrogens is 414 g/mol. The average molecular weight is 446 g/mol. The summed E-state index contributed by atoms with van der Waals surface area (Å²) >= 11 is 0. The van der Waals surface area contributed by atoms with Gasteiger partial charge in [-0.1, -0.05) is 13.8 Å². The molecule has 2 aliphatic rings. The summed E-state index contributed by atoms with van der Waals surface area (Å²) < 4.78 is 27.9. The van der Waals surface area contributed by atoms with Crippen LogP contribution in [0.4, 0.5) is 0 Å². The van der Waals surface area contributed by atoms with Crippen molar-refractivity contribution in [3.63, 3.8) is 0 Å². The average Bonchev–Trinajstić information content (AvgIpc) is 3.43. The van der Waals surface area contributed by atoms with E-state index in [1.165, 1.54) is 21.3 Å². The molecule has 1 amide bonds. The quantitative estimate of drug-likeness (QED) is 0.669. The molecule has 9 heteroatoms. The Kier molecular flexibility index (Phi) is 6.28. The van der Waals surface area contributed by atoms with Crippen LogP contribution < -0.4 is 14.2 Å². The number of ether oxygens (including phenoxy) is 4. The highest BCUT2D eigenvalue weighted by atomic mass is 16.5.